The Morgan fingerprint density at radius 3 is 2.08 bits per heavy atom. The molecular formula is C28H55N3O6. The highest BCUT2D eigenvalue weighted by Crippen LogP contribution is 2.17. The normalized spacial score (nSPS) is 14.7. The molecule has 0 saturated carbocycles. The van der Waals surface area contributed by atoms with Gasteiger partial charge in [-0.25, -0.2) is 0 Å². The Hall–Kier alpha value is -1.58. The van der Waals surface area contributed by atoms with Gasteiger partial charge in [-0.1, -0.05) is 64.0 Å². The standard InChI is InChI=1S/C28H55N3O6/c1-5-8-10-13-17-25(30-35)23-31(22-24(29)16-12-9-6-2)18-14-11-15-19-37-27(33)21-28(4,34)20-26(32)36-7-3/h24-25,34H,5-23,29H2,1-4H3. The molecule has 0 heterocycles. The summed E-state index contributed by atoms with van der Waals surface area (Å²) in [5, 5.41) is 13.7. The highest BCUT2D eigenvalue weighted by Gasteiger charge is 2.29. The minimum atomic E-state index is -1.49. The van der Waals surface area contributed by atoms with Gasteiger partial charge in [0.25, 0.3) is 0 Å². The summed E-state index contributed by atoms with van der Waals surface area (Å²) in [5.74, 6) is -1.07. The van der Waals surface area contributed by atoms with Crippen LogP contribution in [0.5, 0.6) is 0 Å². The van der Waals surface area contributed by atoms with Crippen LogP contribution in [0.4, 0.5) is 0 Å². The third kappa shape index (κ3) is 21.1. The first kappa shape index (κ1) is 35.4. The van der Waals surface area contributed by atoms with Gasteiger partial charge < -0.3 is 20.3 Å². The van der Waals surface area contributed by atoms with Crippen molar-refractivity contribution >= 4 is 11.9 Å². The number of esters is 2. The van der Waals surface area contributed by atoms with Crippen molar-refractivity contribution in [1.82, 2.24) is 4.90 Å². The van der Waals surface area contributed by atoms with Crippen molar-refractivity contribution in [2.45, 2.75) is 135 Å². The molecule has 0 rings (SSSR count). The van der Waals surface area contributed by atoms with Crippen LogP contribution in [0.1, 0.15) is 118 Å². The predicted molar refractivity (Wildman–Crippen MR) is 148 cm³/mol. The van der Waals surface area contributed by atoms with Gasteiger partial charge in [-0.05, 0) is 52.5 Å². The predicted octanol–water partition coefficient (Wildman–Crippen LogP) is 5.11. The highest BCUT2D eigenvalue weighted by atomic mass is 16.5. The molecule has 0 saturated heterocycles. The largest absolute Gasteiger partial charge is 0.466 e. The number of unbranched alkanes of at least 4 members (excludes halogenated alkanes) is 7. The van der Waals surface area contributed by atoms with Crippen molar-refractivity contribution in [3.8, 4) is 0 Å². The van der Waals surface area contributed by atoms with Gasteiger partial charge >= 0.3 is 11.9 Å². The van der Waals surface area contributed by atoms with Crippen molar-refractivity contribution in [1.29, 1.82) is 0 Å². The van der Waals surface area contributed by atoms with Crippen LogP contribution in [-0.2, 0) is 19.1 Å². The molecule has 9 nitrogen and oxygen atoms in total. The maximum absolute atomic E-state index is 12.1. The van der Waals surface area contributed by atoms with Gasteiger partial charge in [0.15, 0.2) is 0 Å². The van der Waals surface area contributed by atoms with E-state index in [1.165, 1.54) is 32.6 Å². The molecule has 0 aliphatic carbocycles. The van der Waals surface area contributed by atoms with Crippen LogP contribution in [0.3, 0.4) is 0 Å². The van der Waals surface area contributed by atoms with Crippen molar-refractivity contribution in [2.24, 2.45) is 10.9 Å². The molecule has 0 aliphatic rings. The smallest absolute Gasteiger partial charge is 0.308 e. The van der Waals surface area contributed by atoms with E-state index in [1.807, 2.05) is 0 Å². The Kier molecular flexibility index (Phi) is 21.5. The molecular weight excluding hydrogens is 474 g/mol. The summed E-state index contributed by atoms with van der Waals surface area (Å²) < 4.78 is 10.1. The Labute approximate surface area is 225 Å². The van der Waals surface area contributed by atoms with E-state index in [0.717, 1.165) is 58.0 Å². The van der Waals surface area contributed by atoms with Crippen LogP contribution in [0.15, 0.2) is 5.18 Å². The molecule has 0 fully saturated rings. The first-order valence-electron chi connectivity index (χ1n) is 14.5. The Balaban J connectivity index is 4.48. The number of aliphatic hydroxyl groups is 1. The Bertz CT molecular complexity index is 602. The summed E-state index contributed by atoms with van der Waals surface area (Å²) in [6, 6.07) is -0.120. The summed E-state index contributed by atoms with van der Waals surface area (Å²) in [6.07, 6.45) is 11.8. The van der Waals surface area contributed by atoms with E-state index in [2.05, 4.69) is 23.9 Å². The average Bonchev–Trinajstić information content (AvgIpc) is 2.82. The van der Waals surface area contributed by atoms with Crippen LogP contribution in [0.25, 0.3) is 0 Å². The number of carbonyl (C=O) groups excluding carboxylic acids is 2. The Morgan fingerprint density at radius 2 is 1.46 bits per heavy atom. The molecule has 0 aromatic heterocycles. The number of nitroso groups, excluding NO2 is 1. The second kappa shape index (κ2) is 22.4. The minimum Gasteiger partial charge on any atom is -0.466 e. The first-order chi connectivity index (χ1) is 17.7. The van der Waals surface area contributed by atoms with Crippen LogP contribution in [-0.4, -0.2) is 72.5 Å². The van der Waals surface area contributed by atoms with Gasteiger partial charge in [-0.15, -0.1) is 0 Å². The molecule has 0 radical (unpaired) electrons. The van der Waals surface area contributed by atoms with Crippen LogP contribution >= 0.6 is 0 Å². The molecule has 37 heavy (non-hydrogen) atoms. The van der Waals surface area contributed by atoms with E-state index < -0.39 is 17.5 Å². The molecule has 0 bridgehead atoms. The lowest BCUT2D eigenvalue weighted by Crippen LogP contribution is -2.41. The maximum atomic E-state index is 12.1. The van der Waals surface area contributed by atoms with Crippen molar-refractivity contribution in [3.05, 3.63) is 4.91 Å². The van der Waals surface area contributed by atoms with Gasteiger partial charge in [-0.2, -0.15) is 4.91 Å². The molecule has 3 unspecified atom stereocenters. The number of nitrogens with zero attached hydrogens (tertiary/aromatic N) is 2. The SMILES string of the molecule is CCCCCCC(CN(CCCCCOC(=O)CC(C)(O)CC(=O)OCC)CC(N)CCCCC)N=O. The van der Waals surface area contributed by atoms with Gasteiger partial charge in [-0.3, -0.25) is 14.5 Å². The fourth-order valence-corrected chi connectivity index (χ4v) is 4.37. The Morgan fingerprint density at radius 1 is 0.865 bits per heavy atom. The van der Waals surface area contributed by atoms with E-state index in [-0.39, 0.29) is 38.1 Å². The van der Waals surface area contributed by atoms with E-state index in [4.69, 9.17) is 15.2 Å². The highest BCUT2D eigenvalue weighted by molar-refractivity contribution is 5.74. The van der Waals surface area contributed by atoms with Crippen LogP contribution in [0.2, 0.25) is 0 Å². The first-order valence-corrected chi connectivity index (χ1v) is 14.5. The van der Waals surface area contributed by atoms with Crippen molar-refractivity contribution in [3.63, 3.8) is 0 Å². The van der Waals surface area contributed by atoms with Crippen LogP contribution in [0, 0.1) is 4.91 Å². The van der Waals surface area contributed by atoms with E-state index in [0.29, 0.717) is 13.0 Å². The zero-order valence-electron chi connectivity index (χ0n) is 24.0. The third-order valence-electron chi connectivity index (χ3n) is 6.42. The van der Waals surface area contributed by atoms with Gasteiger partial charge in [0, 0.05) is 19.1 Å². The van der Waals surface area contributed by atoms with Gasteiger partial charge in [0.2, 0.25) is 0 Å². The lowest BCUT2D eigenvalue weighted by molar-refractivity contribution is -0.154. The molecule has 0 aliphatic heterocycles. The zero-order chi connectivity index (χ0) is 27.9. The van der Waals surface area contributed by atoms with E-state index >= 15 is 0 Å². The molecule has 3 N–H and O–H groups in total. The molecule has 0 spiro atoms. The van der Waals surface area contributed by atoms with Crippen molar-refractivity contribution < 1.29 is 24.2 Å². The molecule has 0 aromatic carbocycles. The summed E-state index contributed by atoms with van der Waals surface area (Å²) in [5.41, 5.74) is 4.91. The molecule has 0 amide bonds. The third-order valence-corrected chi connectivity index (χ3v) is 6.42. The number of ether oxygens (including phenoxy) is 2. The average molecular weight is 530 g/mol. The number of hydrogen-bond acceptors (Lipinski definition) is 9. The fourth-order valence-electron chi connectivity index (χ4n) is 4.37. The fraction of sp³-hybridized carbons (Fsp3) is 0.929. The van der Waals surface area contributed by atoms with E-state index in [9.17, 15) is 19.6 Å². The lowest BCUT2D eigenvalue weighted by atomic mass is 9.98. The summed E-state index contributed by atoms with van der Waals surface area (Å²) >= 11 is 0. The van der Waals surface area contributed by atoms with Crippen molar-refractivity contribution in [2.75, 3.05) is 32.8 Å². The van der Waals surface area contributed by atoms with Gasteiger partial charge in [0.05, 0.1) is 31.7 Å². The monoisotopic (exact) mass is 529 g/mol. The quantitative estimate of drug-likeness (QED) is 0.0947. The summed E-state index contributed by atoms with van der Waals surface area (Å²) in [4.78, 5) is 37.4. The number of hydrogen-bond donors (Lipinski definition) is 2. The zero-order valence-corrected chi connectivity index (χ0v) is 24.0. The minimum absolute atomic E-state index is 0.0855. The molecule has 218 valence electrons. The van der Waals surface area contributed by atoms with Crippen LogP contribution < -0.4 is 5.73 Å². The summed E-state index contributed by atoms with van der Waals surface area (Å²) in [6.45, 7) is 10.2. The number of rotatable bonds is 25. The molecule has 3 atom stereocenters. The van der Waals surface area contributed by atoms with Gasteiger partial charge in [0.1, 0.15) is 6.04 Å². The second-order valence-corrected chi connectivity index (χ2v) is 10.6. The molecule has 0 aromatic rings. The second-order valence-electron chi connectivity index (χ2n) is 10.6. The maximum Gasteiger partial charge on any atom is 0.308 e. The molecule has 9 heteroatoms. The lowest BCUT2D eigenvalue weighted by Gasteiger charge is -2.27. The number of carbonyl (C=O) groups is 2. The topological polar surface area (TPSA) is 132 Å². The number of nitrogens with two attached hydrogens (primary N) is 1. The van der Waals surface area contributed by atoms with E-state index in [1.54, 1.807) is 6.92 Å². The summed E-state index contributed by atoms with van der Waals surface area (Å²) in [7, 11) is 0.